The monoisotopic (exact) mass is 726 g/mol. The topological polar surface area (TPSA) is 96.4 Å². The van der Waals surface area contributed by atoms with E-state index in [4.69, 9.17) is 33.9 Å². The minimum Gasteiger partial charge on any atom is -0.481 e. The maximum absolute atomic E-state index is 11.5. The van der Waals surface area contributed by atoms with Crippen LogP contribution >= 0.6 is 35.0 Å². The Morgan fingerprint density at radius 2 is 1.66 bits per heavy atom. The number of aliphatic carboxylic acids is 1. The molecular formula is C42H44Cl2N2O3S. The van der Waals surface area contributed by atoms with E-state index in [1.165, 1.54) is 5.56 Å². The van der Waals surface area contributed by atoms with E-state index >= 15 is 0 Å². The molecule has 50 heavy (non-hydrogen) atoms. The Morgan fingerprint density at radius 3 is 2.36 bits per heavy atom. The van der Waals surface area contributed by atoms with Crippen LogP contribution in [-0.4, -0.2) is 26.9 Å². The molecule has 1 saturated carbocycles. The summed E-state index contributed by atoms with van der Waals surface area (Å²) in [6.45, 7) is 4.24. The molecule has 0 amide bonds. The molecule has 0 saturated heterocycles. The van der Waals surface area contributed by atoms with Crippen molar-refractivity contribution in [3.05, 3.63) is 147 Å². The fourth-order valence-corrected chi connectivity index (χ4v) is 7.84. The number of halogens is 2. The summed E-state index contributed by atoms with van der Waals surface area (Å²) in [6.07, 6.45) is 8.02. The van der Waals surface area contributed by atoms with E-state index in [0.29, 0.717) is 11.6 Å². The Bertz CT molecular complexity index is 1930. The van der Waals surface area contributed by atoms with Gasteiger partial charge in [0.1, 0.15) is 0 Å². The van der Waals surface area contributed by atoms with Crippen LogP contribution in [0.3, 0.4) is 0 Å². The lowest BCUT2D eigenvalue weighted by Gasteiger charge is -2.24. The second kappa shape index (κ2) is 17.0. The van der Waals surface area contributed by atoms with Crippen LogP contribution in [0.25, 0.3) is 23.1 Å². The number of carbonyl (C=O) groups is 1. The fourth-order valence-electron chi connectivity index (χ4n) is 5.98. The Balaban J connectivity index is 0.000000470. The van der Waals surface area contributed by atoms with Crippen LogP contribution in [0.5, 0.6) is 0 Å². The zero-order valence-corrected chi connectivity index (χ0v) is 30.8. The minimum atomic E-state index is -0.911. The number of rotatable bonds is 13. The molecular weight excluding hydrogens is 683 g/mol. The van der Waals surface area contributed by atoms with E-state index in [2.05, 4.69) is 42.5 Å². The highest BCUT2D eigenvalue weighted by Gasteiger charge is 2.44. The predicted molar refractivity (Wildman–Crippen MR) is 211 cm³/mol. The van der Waals surface area contributed by atoms with Gasteiger partial charge in [-0.1, -0.05) is 102 Å². The molecule has 4 N–H and O–H groups in total. The maximum Gasteiger partial charge on any atom is 0.303 e. The number of nitrogens with zero attached hydrogens (tertiary/aromatic N) is 1. The SMILES string of the molecule is CC(C)(O)c1ccccc1CC[C@@H](SCC1(CC(=O)O)CC1)c1cccc(/C=C/c2ccc3ccc(Cl)cc3n2)c1.NCc1ccc(Cl)cc1. The summed E-state index contributed by atoms with van der Waals surface area (Å²) in [4.78, 5) is 16.2. The van der Waals surface area contributed by atoms with Gasteiger partial charge in [-0.2, -0.15) is 11.8 Å². The van der Waals surface area contributed by atoms with Crippen molar-refractivity contribution in [1.82, 2.24) is 4.98 Å². The third-order valence-electron chi connectivity index (χ3n) is 8.98. The summed E-state index contributed by atoms with van der Waals surface area (Å²) >= 11 is 13.7. The number of aliphatic hydroxyl groups is 1. The van der Waals surface area contributed by atoms with E-state index in [1.54, 1.807) is 0 Å². The molecule has 0 aliphatic heterocycles. The van der Waals surface area contributed by atoms with Crippen LogP contribution < -0.4 is 5.73 Å². The highest BCUT2D eigenvalue weighted by molar-refractivity contribution is 7.99. The molecule has 0 bridgehead atoms. The highest BCUT2D eigenvalue weighted by Crippen LogP contribution is 2.53. The highest BCUT2D eigenvalue weighted by atomic mass is 35.5. The van der Waals surface area contributed by atoms with Gasteiger partial charge in [0.15, 0.2) is 0 Å². The van der Waals surface area contributed by atoms with Gasteiger partial charge in [0.25, 0.3) is 0 Å². The van der Waals surface area contributed by atoms with Crippen molar-refractivity contribution >= 4 is 64.0 Å². The third kappa shape index (κ3) is 10.9. The molecule has 0 spiro atoms. The van der Waals surface area contributed by atoms with Gasteiger partial charge < -0.3 is 15.9 Å². The van der Waals surface area contributed by atoms with Crippen molar-refractivity contribution in [2.75, 3.05) is 5.75 Å². The van der Waals surface area contributed by atoms with Gasteiger partial charge in [-0.15, -0.1) is 0 Å². The Hall–Kier alpha value is -3.65. The fraction of sp³-hybridized carbons (Fsp3) is 0.286. The van der Waals surface area contributed by atoms with Crippen LogP contribution in [0.4, 0.5) is 0 Å². The number of fused-ring (bicyclic) bond motifs is 1. The van der Waals surface area contributed by atoms with Gasteiger partial charge in [-0.3, -0.25) is 4.79 Å². The zero-order valence-electron chi connectivity index (χ0n) is 28.5. The molecule has 1 aliphatic carbocycles. The average Bonchev–Trinajstić information content (AvgIpc) is 3.86. The number of carboxylic acid groups (broad SMARTS) is 1. The number of hydrogen-bond donors (Lipinski definition) is 3. The third-order valence-corrected chi connectivity index (χ3v) is 11.2. The lowest BCUT2D eigenvalue weighted by Crippen LogP contribution is -2.18. The number of thioether (sulfide) groups is 1. The standard InChI is InChI=1S/C35H36ClNO3S.C7H8ClN/c1-34(2,40)30-9-4-3-7-25(30)13-17-32(41-23-35(18-19-35)22-33(38)39)27-8-5-6-24(20-27)10-15-29-16-12-26-11-14-28(36)21-31(26)37-29;8-7-3-1-6(5-9)2-4-7/h3-12,14-16,20-21,32,40H,13,17-19,22-23H2,1-2H3,(H,38,39);1-4H,5,9H2/b15-10+;/t32-;/m1./s1. The summed E-state index contributed by atoms with van der Waals surface area (Å²) in [7, 11) is 0. The molecule has 0 unspecified atom stereocenters. The average molecular weight is 728 g/mol. The van der Waals surface area contributed by atoms with E-state index in [9.17, 15) is 15.0 Å². The summed E-state index contributed by atoms with van der Waals surface area (Å²) in [5.74, 6) is 0.122. The van der Waals surface area contributed by atoms with Gasteiger partial charge in [0.2, 0.25) is 0 Å². The number of hydrogen-bond acceptors (Lipinski definition) is 5. The van der Waals surface area contributed by atoms with Crippen LogP contribution in [0.2, 0.25) is 10.0 Å². The first-order valence-corrected chi connectivity index (χ1v) is 18.7. The number of pyridine rings is 1. The summed E-state index contributed by atoms with van der Waals surface area (Å²) in [5, 5.41) is 22.9. The lowest BCUT2D eigenvalue weighted by molar-refractivity contribution is -0.138. The smallest absolute Gasteiger partial charge is 0.303 e. The van der Waals surface area contributed by atoms with Crippen LogP contribution in [0.1, 0.15) is 78.3 Å². The van der Waals surface area contributed by atoms with Crippen molar-refractivity contribution in [3.8, 4) is 0 Å². The molecule has 1 aromatic heterocycles. The summed E-state index contributed by atoms with van der Waals surface area (Å²) < 4.78 is 0. The number of nitrogens with two attached hydrogens (primary N) is 1. The molecule has 8 heteroatoms. The van der Waals surface area contributed by atoms with Crippen molar-refractivity contribution in [1.29, 1.82) is 0 Å². The molecule has 4 aromatic carbocycles. The second-order valence-corrected chi connectivity index (χ2v) is 15.6. The number of benzene rings is 4. The maximum atomic E-state index is 11.5. The first kappa shape index (κ1) is 37.6. The number of aromatic nitrogens is 1. The Kier molecular flexibility index (Phi) is 12.8. The van der Waals surface area contributed by atoms with E-state index in [1.807, 2.05) is 98.4 Å². The van der Waals surface area contributed by atoms with Gasteiger partial charge in [0, 0.05) is 33.0 Å². The summed E-state index contributed by atoms with van der Waals surface area (Å²) in [6, 6.07) is 34.0. The van der Waals surface area contributed by atoms with Crippen molar-refractivity contribution in [3.63, 3.8) is 0 Å². The van der Waals surface area contributed by atoms with Crippen molar-refractivity contribution < 1.29 is 15.0 Å². The summed E-state index contributed by atoms with van der Waals surface area (Å²) in [5.41, 5.74) is 11.6. The van der Waals surface area contributed by atoms with Crippen molar-refractivity contribution in [2.45, 2.75) is 63.3 Å². The predicted octanol–water partition coefficient (Wildman–Crippen LogP) is 10.7. The molecule has 1 atom stereocenters. The zero-order chi connectivity index (χ0) is 35.7. The molecule has 6 rings (SSSR count). The minimum absolute atomic E-state index is 0.0814. The quantitative estimate of drug-likeness (QED) is 0.112. The van der Waals surface area contributed by atoms with Gasteiger partial charge in [-0.05, 0) is 109 Å². The van der Waals surface area contributed by atoms with E-state index < -0.39 is 11.6 Å². The van der Waals surface area contributed by atoms with Gasteiger partial charge in [-0.25, -0.2) is 4.98 Å². The molecule has 1 aliphatic rings. The number of carboxylic acids is 1. The Labute approximate surface area is 309 Å². The molecule has 1 heterocycles. The van der Waals surface area contributed by atoms with Crippen LogP contribution in [-0.2, 0) is 23.4 Å². The lowest BCUT2D eigenvalue weighted by atomic mass is 9.90. The first-order chi connectivity index (χ1) is 23.9. The molecule has 0 radical (unpaired) electrons. The van der Waals surface area contributed by atoms with Crippen molar-refractivity contribution in [2.24, 2.45) is 11.1 Å². The van der Waals surface area contributed by atoms with Gasteiger partial charge in [0.05, 0.1) is 23.2 Å². The number of aryl methyl sites for hydroxylation is 1. The molecule has 5 aromatic rings. The van der Waals surface area contributed by atoms with Gasteiger partial charge >= 0.3 is 5.97 Å². The normalized spacial score (nSPS) is 14.3. The largest absolute Gasteiger partial charge is 0.481 e. The second-order valence-electron chi connectivity index (χ2n) is 13.5. The first-order valence-electron chi connectivity index (χ1n) is 16.9. The van der Waals surface area contributed by atoms with Crippen LogP contribution in [0.15, 0.2) is 103 Å². The molecule has 260 valence electrons. The Morgan fingerprint density at radius 1 is 0.940 bits per heavy atom. The molecule has 1 fully saturated rings. The molecule has 5 nitrogen and oxygen atoms in total. The van der Waals surface area contributed by atoms with Crippen LogP contribution in [0, 0.1) is 5.41 Å². The van der Waals surface area contributed by atoms with E-state index in [-0.39, 0.29) is 17.1 Å². The van der Waals surface area contributed by atoms with E-state index in [0.717, 1.165) is 75.3 Å².